The van der Waals surface area contributed by atoms with Crippen molar-refractivity contribution in [3.63, 3.8) is 0 Å². The first-order valence-corrected chi connectivity index (χ1v) is 25.3. The molecule has 0 saturated heterocycles. The van der Waals surface area contributed by atoms with E-state index in [0.29, 0.717) is 0 Å². The van der Waals surface area contributed by atoms with Gasteiger partial charge in [-0.25, -0.2) is 0 Å². The van der Waals surface area contributed by atoms with E-state index in [9.17, 15) is 0 Å². The summed E-state index contributed by atoms with van der Waals surface area (Å²) in [5.74, 6) is 1.77. The van der Waals surface area contributed by atoms with Gasteiger partial charge in [-0.2, -0.15) is 0 Å². The highest BCUT2D eigenvalue weighted by molar-refractivity contribution is 7.99. The first-order valence-electron chi connectivity index (χ1n) is 24.5. The minimum absolute atomic E-state index is 0.624. The Labute approximate surface area is 418 Å². The van der Waals surface area contributed by atoms with Gasteiger partial charge in [-0.1, -0.05) is 230 Å². The second kappa shape index (κ2) is 15.4. The van der Waals surface area contributed by atoms with Gasteiger partial charge in [0, 0.05) is 37.6 Å². The Bertz CT molecular complexity index is 3870. The summed E-state index contributed by atoms with van der Waals surface area (Å²) in [5, 5.41) is 0. The van der Waals surface area contributed by atoms with Gasteiger partial charge in [0.05, 0.1) is 27.9 Å². The smallest absolute Gasteiger partial charge is 0.132 e. The van der Waals surface area contributed by atoms with Crippen molar-refractivity contribution in [2.45, 2.75) is 20.6 Å². The first-order chi connectivity index (χ1) is 35.2. The number of fused-ring (bicyclic) bond motifs is 18. The molecule has 0 atom stereocenters. The van der Waals surface area contributed by atoms with Crippen LogP contribution in [0.4, 0.5) is 17.1 Å². The zero-order chi connectivity index (χ0) is 46.7. The van der Waals surface area contributed by atoms with Crippen LogP contribution in [0.25, 0.3) is 44.5 Å². The molecule has 4 aliphatic rings. The van der Waals surface area contributed by atoms with E-state index in [2.05, 4.69) is 266 Å². The molecule has 2 spiro atoms. The molecule has 2 heterocycles. The number of anilines is 3. The van der Waals surface area contributed by atoms with E-state index < -0.39 is 10.8 Å². The fraction of sp³-hybridized carbons (Fsp3) is 0.0294. The van der Waals surface area contributed by atoms with Gasteiger partial charge >= 0.3 is 0 Å². The molecular formula is C68H43NOS. The number of hydrogen-bond acceptors (Lipinski definition) is 3. The maximum atomic E-state index is 6.80. The minimum atomic E-state index is -0.638. The standard InChI is InChI=1S/C68H43NOS/c1-2-20-44(21-3-1)45-40-42-46(43-41-45)47-22-6-13-33-58(47)69(59-34-19-32-57-65(59)50-24-5-8-27-52(50)67(57)53-28-9-14-36-61(53)70-62-37-15-10-29-54(62)67)60-35-18-25-49-48-23-4-7-26-51(48)68(66(49)60)55-30-11-16-38-63(55)71-64-39-17-12-31-56(64)68/h1-43H. The molecule has 15 rings (SSSR count). The lowest BCUT2D eigenvalue weighted by molar-refractivity contribution is 0.436. The molecule has 2 nitrogen and oxygen atoms in total. The summed E-state index contributed by atoms with van der Waals surface area (Å²) >= 11 is 1.88. The van der Waals surface area contributed by atoms with E-state index in [-0.39, 0.29) is 0 Å². The first kappa shape index (κ1) is 40.3. The fourth-order valence-corrected chi connectivity index (χ4v) is 14.1. The molecule has 3 heteroatoms. The van der Waals surface area contributed by atoms with Crippen LogP contribution in [0.3, 0.4) is 0 Å². The van der Waals surface area contributed by atoms with E-state index in [1.165, 1.54) is 76.6 Å². The monoisotopic (exact) mass is 921 g/mol. The number of para-hydroxylation sites is 3. The van der Waals surface area contributed by atoms with Crippen molar-refractivity contribution in [1.82, 2.24) is 0 Å². The van der Waals surface area contributed by atoms with Crippen molar-refractivity contribution in [2.24, 2.45) is 0 Å². The van der Waals surface area contributed by atoms with Gasteiger partial charge in [0.2, 0.25) is 0 Å². The van der Waals surface area contributed by atoms with Crippen LogP contribution in [0.1, 0.15) is 44.5 Å². The van der Waals surface area contributed by atoms with Crippen LogP contribution in [0.5, 0.6) is 11.5 Å². The topological polar surface area (TPSA) is 12.5 Å². The Balaban J connectivity index is 1.07. The lowest BCUT2D eigenvalue weighted by Gasteiger charge is -2.42. The lowest BCUT2D eigenvalue weighted by atomic mass is 9.66. The van der Waals surface area contributed by atoms with Gasteiger partial charge in [-0.3, -0.25) is 0 Å². The normalized spacial score (nSPS) is 14.2. The average molecular weight is 922 g/mol. The molecule has 2 aliphatic carbocycles. The second-order valence-corrected chi connectivity index (χ2v) is 20.1. The van der Waals surface area contributed by atoms with E-state index in [0.717, 1.165) is 50.8 Å². The lowest BCUT2D eigenvalue weighted by Crippen LogP contribution is -2.33. The maximum Gasteiger partial charge on any atom is 0.132 e. The zero-order valence-electron chi connectivity index (χ0n) is 38.6. The van der Waals surface area contributed by atoms with E-state index >= 15 is 0 Å². The van der Waals surface area contributed by atoms with Crippen molar-refractivity contribution in [1.29, 1.82) is 0 Å². The van der Waals surface area contributed by atoms with Gasteiger partial charge in [0.1, 0.15) is 11.5 Å². The molecule has 0 aromatic heterocycles. The Morgan fingerprint density at radius 1 is 0.282 bits per heavy atom. The highest BCUT2D eigenvalue weighted by Crippen LogP contribution is 2.67. The van der Waals surface area contributed by atoms with Crippen molar-refractivity contribution in [3.05, 3.63) is 305 Å². The third kappa shape index (κ3) is 5.50. The number of ether oxygens (including phenoxy) is 1. The van der Waals surface area contributed by atoms with Crippen LogP contribution < -0.4 is 9.64 Å². The summed E-state index contributed by atoms with van der Waals surface area (Å²) in [6.45, 7) is 0. The molecule has 11 aromatic carbocycles. The summed E-state index contributed by atoms with van der Waals surface area (Å²) in [5.41, 5.74) is 21.8. The van der Waals surface area contributed by atoms with Gasteiger partial charge < -0.3 is 9.64 Å². The minimum Gasteiger partial charge on any atom is -0.457 e. The summed E-state index contributed by atoms with van der Waals surface area (Å²) in [4.78, 5) is 5.19. The van der Waals surface area contributed by atoms with Gasteiger partial charge in [-0.05, 0) is 104 Å². The number of hydrogen-bond donors (Lipinski definition) is 0. The Morgan fingerprint density at radius 2 is 0.732 bits per heavy atom. The van der Waals surface area contributed by atoms with Gasteiger partial charge in [-0.15, -0.1) is 0 Å². The Hall–Kier alpha value is -8.63. The molecule has 0 N–H and O–H groups in total. The van der Waals surface area contributed by atoms with Crippen LogP contribution in [-0.4, -0.2) is 0 Å². The number of nitrogens with zero attached hydrogens (tertiary/aromatic N) is 1. The third-order valence-electron chi connectivity index (χ3n) is 15.6. The Kier molecular flexibility index (Phi) is 8.76. The van der Waals surface area contributed by atoms with Crippen LogP contribution in [0.15, 0.2) is 271 Å². The number of rotatable bonds is 5. The summed E-state index contributed by atoms with van der Waals surface area (Å²) in [7, 11) is 0. The molecular weight excluding hydrogens is 879 g/mol. The highest BCUT2D eigenvalue weighted by atomic mass is 32.2. The molecule has 332 valence electrons. The third-order valence-corrected chi connectivity index (χ3v) is 16.8. The molecule has 0 saturated carbocycles. The van der Waals surface area contributed by atoms with Crippen molar-refractivity contribution < 1.29 is 4.74 Å². The SMILES string of the molecule is c1ccc(-c2ccc(-c3ccccc3N(c3cccc4c3-c3ccccc3C43c4ccccc4Oc4ccccc43)c3cccc4c3C3(c5ccccc5Sc5ccccc53)c3ccccc3-4)cc2)cc1. The molecule has 0 fully saturated rings. The predicted molar refractivity (Wildman–Crippen MR) is 291 cm³/mol. The van der Waals surface area contributed by atoms with Crippen LogP contribution >= 0.6 is 11.8 Å². The van der Waals surface area contributed by atoms with E-state index in [4.69, 9.17) is 4.74 Å². The number of benzene rings is 11. The van der Waals surface area contributed by atoms with Crippen molar-refractivity contribution >= 4 is 28.8 Å². The van der Waals surface area contributed by atoms with E-state index in [1.807, 2.05) is 11.8 Å². The van der Waals surface area contributed by atoms with E-state index in [1.54, 1.807) is 0 Å². The Morgan fingerprint density at radius 3 is 1.42 bits per heavy atom. The highest BCUT2D eigenvalue weighted by Gasteiger charge is 2.54. The largest absolute Gasteiger partial charge is 0.457 e. The van der Waals surface area contributed by atoms with Crippen molar-refractivity contribution in [2.75, 3.05) is 4.90 Å². The summed E-state index contributed by atoms with van der Waals surface area (Å²) in [6, 6.07) is 96.8. The molecule has 0 bridgehead atoms. The van der Waals surface area contributed by atoms with Crippen molar-refractivity contribution in [3.8, 4) is 56.0 Å². The molecule has 0 amide bonds. The van der Waals surface area contributed by atoms with Gasteiger partial charge in [0.25, 0.3) is 0 Å². The maximum absolute atomic E-state index is 6.80. The average Bonchev–Trinajstić information content (AvgIpc) is 3.91. The molecule has 0 unspecified atom stereocenters. The van der Waals surface area contributed by atoms with Crippen LogP contribution in [0.2, 0.25) is 0 Å². The second-order valence-electron chi connectivity index (χ2n) is 19.0. The van der Waals surface area contributed by atoms with Crippen LogP contribution in [-0.2, 0) is 10.8 Å². The molecule has 0 radical (unpaired) electrons. The molecule has 2 aliphatic heterocycles. The van der Waals surface area contributed by atoms with Crippen LogP contribution in [0, 0.1) is 0 Å². The van der Waals surface area contributed by atoms with Gasteiger partial charge in [0.15, 0.2) is 0 Å². The summed E-state index contributed by atoms with van der Waals surface area (Å²) in [6.07, 6.45) is 0. The molecule has 71 heavy (non-hydrogen) atoms. The quantitative estimate of drug-likeness (QED) is 0.171. The predicted octanol–water partition coefficient (Wildman–Crippen LogP) is 17.8. The summed E-state index contributed by atoms with van der Waals surface area (Å²) < 4.78 is 6.80. The molecule has 11 aromatic rings. The zero-order valence-corrected chi connectivity index (χ0v) is 39.4. The fourth-order valence-electron chi connectivity index (χ4n) is 12.9.